The molecular formula is C14H17BrN4O. The van der Waals surface area contributed by atoms with Gasteiger partial charge in [-0.1, -0.05) is 34.1 Å². The number of nitrogens with zero attached hydrogens (tertiary/aromatic N) is 3. The summed E-state index contributed by atoms with van der Waals surface area (Å²) >= 11 is 3.55. The van der Waals surface area contributed by atoms with Gasteiger partial charge < -0.3 is 15.3 Å². The zero-order chi connectivity index (χ0) is 14.4. The van der Waals surface area contributed by atoms with Gasteiger partial charge in [-0.15, -0.1) is 0 Å². The monoisotopic (exact) mass is 336 g/mol. The minimum absolute atomic E-state index is 0.0755. The van der Waals surface area contributed by atoms with Crippen molar-refractivity contribution >= 4 is 27.6 Å². The number of rotatable bonds is 6. The van der Waals surface area contributed by atoms with Crippen LogP contribution in [0.3, 0.4) is 0 Å². The molecule has 0 radical (unpaired) electrons. The predicted molar refractivity (Wildman–Crippen MR) is 83.9 cm³/mol. The van der Waals surface area contributed by atoms with Crippen LogP contribution in [0.1, 0.15) is 5.56 Å². The highest BCUT2D eigenvalue weighted by molar-refractivity contribution is 9.10. The quantitative estimate of drug-likeness (QED) is 0.847. The maximum Gasteiger partial charge on any atom is 0.134 e. The molecule has 0 unspecified atom stereocenters. The van der Waals surface area contributed by atoms with Crippen molar-refractivity contribution in [3.8, 4) is 0 Å². The Balaban J connectivity index is 2.09. The third-order valence-corrected chi connectivity index (χ3v) is 3.60. The van der Waals surface area contributed by atoms with E-state index in [9.17, 15) is 0 Å². The number of benzene rings is 1. The Labute approximate surface area is 126 Å². The van der Waals surface area contributed by atoms with E-state index in [0.29, 0.717) is 12.4 Å². The second-order valence-electron chi connectivity index (χ2n) is 4.36. The summed E-state index contributed by atoms with van der Waals surface area (Å²) < 4.78 is 1.08. The number of hydrogen-bond acceptors (Lipinski definition) is 5. The predicted octanol–water partition coefficient (Wildman–Crippen LogP) is 2.28. The van der Waals surface area contributed by atoms with E-state index in [4.69, 9.17) is 5.11 Å². The van der Waals surface area contributed by atoms with E-state index in [2.05, 4.69) is 37.3 Å². The number of aliphatic hydroxyl groups excluding tert-OH is 1. The zero-order valence-corrected chi connectivity index (χ0v) is 12.8. The van der Waals surface area contributed by atoms with Gasteiger partial charge in [0.25, 0.3) is 0 Å². The molecule has 2 N–H and O–H groups in total. The molecular weight excluding hydrogens is 320 g/mol. The van der Waals surface area contributed by atoms with E-state index in [-0.39, 0.29) is 6.61 Å². The van der Waals surface area contributed by atoms with Gasteiger partial charge in [0.2, 0.25) is 0 Å². The molecule has 0 saturated carbocycles. The standard InChI is InChI=1S/C14H17BrN4O/c1-19(9-11-4-2-3-5-12(11)15)14-8-13(16-6-7-20)17-10-18-14/h2-5,8,10,20H,6-7,9H2,1H3,(H,16,17,18). The molecule has 0 saturated heterocycles. The minimum Gasteiger partial charge on any atom is -0.395 e. The Morgan fingerprint density at radius 3 is 2.85 bits per heavy atom. The topological polar surface area (TPSA) is 61.3 Å². The van der Waals surface area contributed by atoms with Crippen molar-refractivity contribution in [3.63, 3.8) is 0 Å². The van der Waals surface area contributed by atoms with Crippen molar-refractivity contribution < 1.29 is 5.11 Å². The summed E-state index contributed by atoms with van der Waals surface area (Å²) in [7, 11) is 1.98. The smallest absolute Gasteiger partial charge is 0.134 e. The Kier molecular flexibility index (Phi) is 5.31. The van der Waals surface area contributed by atoms with Crippen molar-refractivity contribution in [2.45, 2.75) is 6.54 Å². The summed E-state index contributed by atoms with van der Waals surface area (Å²) in [5.41, 5.74) is 1.19. The second kappa shape index (κ2) is 7.21. The molecule has 0 aliphatic rings. The normalized spacial score (nSPS) is 10.3. The van der Waals surface area contributed by atoms with E-state index in [1.54, 1.807) is 0 Å². The number of hydrogen-bond donors (Lipinski definition) is 2. The maximum absolute atomic E-state index is 8.81. The van der Waals surface area contributed by atoms with Gasteiger partial charge >= 0.3 is 0 Å². The second-order valence-corrected chi connectivity index (χ2v) is 5.21. The number of aromatic nitrogens is 2. The Hall–Kier alpha value is -1.66. The lowest BCUT2D eigenvalue weighted by molar-refractivity contribution is 0.311. The van der Waals surface area contributed by atoms with Crippen LogP contribution in [0.5, 0.6) is 0 Å². The zero-order valence-electron chi connectivity index (χ0n) is 11.3. The summed E-state index contributed by atoms with van der Waals surface area (Å²) in [5, 5.41) is 11.8. The number of nitrogens with one attached hydrogen (secondary N) is 1. The van der Waals surface area contributed by atoms with Gasteiger partial charge in [-0.05, 0) is 11.6 Å². The first kappa shape index (κ1) is 14.7. The Morgan fingerprint density at radius 2 is 2.10 bits per heavy atom. The first-order valence-electron chi connectivity index (χ1n) is 6.32. The number of anilines is 2. The van der Waals surface area contributed by atoms with Crippen molar-refractivity contribution in [1.82, 2.24) is 9.97 Å². The molecule has 0 bridgehead atoms. The summed E-state index contributed by atoms with van der Waals surface area (Å²) in [5.74, 6) is 1.54. The molecule has 0 fully saturated rings. The summed E-state index contributed by atoms with van der Waals surface area (Å²) in [6.45, 7) is 1.30. The van der Waals surface area contributed by atoms with Crippen LogP contribution in [0.4, 0.5) is 11.6 Å². The lowest BCUT2D eigenvalue weighted by Gasteiger charge is -2.19. The summed E-state index contributed by atoms with van der Waals surface area (Å²) in [4.78, 5) is 10.4. The number of halogens is 1. The highest BCUT2D eigenvalue weighted by atomic mass is 79.9. The first-order valence-corrected chi connectivity index (χ1v) is 7.11. The molecule has 0 amide bonds. The molecule has 20 heavy (non-hydrogen) atoms. The van der Waals surface area contributed by atoms with Gasteiger partial charge in [0.05, 0.1) is 6.61 Å². The van der Waals surface area contributed by atoms with Crippen LogP contribution < -0.4 is 10.2 Å². The van der Waals surface area contributed by atoms with Crippen LogP contribution in [0.25, 0.3) is 0 Å². The molecule has 0 spiro atoms. The molecule has 1 aromatic heterocycles. The van der Waals surface area contributed by atoms with Gasteiger partial charge in [-0.3, -0.25) is 0 Å². The molecule has 6 heteroatoms. The third kappa shape index (κ3) is 3.91. The van der Waals surface area contributed by atoms with Crippen LogP contribution in [0, 0.1) is 0 Å². The average molecular weight is 337 g/mol. The molecule has 2 aromatic rings. The van der Waals surface area contributed by atoms with Crippen LogP contribution in [0.15, 0.2) is 41.1 Å². The van der Waals surface area contributed by atoms with E-state index in [1.807, 2.05) is 36.2 Å². The van der Waals surface area contributed by atoms with Crippen molar-refractivity contribution in [2.24, 2.45) is 0 Å². The molecule has 2 rings (SSSR count). The van der Waals surface area contributed by atoms with Crippen molar-refractivity contribution in [3.05, 3.63) is 46.7 Å². The highest BCUT2D eigenvalue weighted by Crippen LogP contribution is 2.20. The van der Waals surface area contributed by atoms with Gasteiger partial charge in [-0.2, -0.15) is 0 Å². The summed E-state index contributed by atoms with van der Waals surface area (Å²) in [6, 6.07) is 9.98. The van der Waals surface area contributed by atoms with E-state index >= 15 is 0 Å². The molecule has 106 valence electrons. The molecule has 5 nitrogen and oxygen atoms in total. The fourth-order valence-electron chi connectivity index (χ4n) is 1.80. The van der Waals surface area contributed by atoms with E-state index in [0.717, 1.165) is 16.8 Å². The molecule has 0 aliphatic heterocycles. The van der Waals surface area contributed by atoms with Gasteiger partial charge in [0.15, 0.2) is 0 Å². The van der Waals surface area contributed by atoms with Gasteiger partial charge in [0.1, 0.15) is 18.0 Å². The molecule has 0 atom stereocenters. The fraction of sp³-hybridized carbons (Fsp3) is 0.286. The van der Waals surface area contributed by atoms with Gasteiger partial charge in [0, 0.05) is 30.7 Å². The highest BCUT2D eigenvalue weighted by Gasteiger charge is 2.07. The fourth-order valence-corrected chi connectivity index (χ4v) is 2.21. The molecule has 0 aliphatic carbocycles. The lowest BCUT2D eigenvalue weighted by Crippen LogP contribution is -2.18. The Morgan fingerprint density at radius 1 is 1.30 bits per heavy atom. The first-order chi connectivity index (χ1) is 9.70. The Bertz CT molecular complexity index is 564. The van der Waals surface area contributed by atoms with Crippen LogP contribution in [-0.4, -0.2) is 35.3 Å². The van der Waals surface area contributed by atoms with Gasteiger partial charge in [-0.25, -0.2) is 9.97 Å². The largest absolute Gasteiger partial charge is 0.395 e. The average Bonchev–Trinajstić information content (AvgIpc) is 2.48. The van der Waals surface area contributed by atoms with E-state index < -0.39 is 0 Å². The van der Waals surface area contributed by atoms with Crippen LogP contribution >= 0.6 is 15.9 Å². The third-order valence-electron chi connectivity index (χ3n) is 2.83. The minimum atomic E-state index is 0.0755. The summed E-state index contributed by atoms with van der Waals surface area (Å²) in [6.07, 6.45) is 1.52. The molecule has 1 aromatic carbocycles. The maximum atomic E-state index is 8.81. The molecule has 1 heterocycles. The van der Waals surface area contributed by atoms with Crippen molar-refractivity contribution in [1.29, 1.82) is 0 Å². The van der Waals surface area contributed by atoms with E-state index in [1.165, 1.54) is 11.9 Å². The lowest BCUT2D eigenvalue weighted by atomic mass is 10.2. The van der Waals surface area contributed by atoms with Crippen LogP contribution in [-0.2, 0) is 6.54 Å². The SMILES string of the molecule is CN(Cc1ccccc1Br)c1cc(NCCO)ncn1. The van der Waals surface area contributed by atoms with Crippen LogP contribution in [0.2, 0.25) is 0 Å². The van der Waals surface area contributed by atoms with Crippen molar-refractivity contribution in [2.75, 3.05) is 30.4 Å². The number of aliphatic hydroxyl groups is 1.